The minimum Gasteiger partial charge on any atom is -0.419 e. The van der Waals surface area contributed by atoms with Crippen LogP contribution < -0.4 is 0 Å². The minimum atomic E-state index is 0. The molecule has 0 aromatic carbocycles. The van der Waals surface area contributed by atoms with E-state index >= 15 is 0 Å². The molecule has 1 rings (SSSR count). The fraction of sp³-hybridized carbons (Fsp3) is 0.125. The molecule has 2 heteroatoms. The van der Waals surface area contributed by atoms with Crippen LogP contribution in [0.2, 0.25) is 0 Å². The van der Waals surface area contributed by atoms with Gasteiger partial charge < -0.3 is 4.79 Å². The molecule has 1 aliphatic carbocycles. The van der Waals surface area contributed by atoms with Crippen molar-refractivity contribution in [1.29, 1.82) is 0 Å². The van der Waals surface area contributed by atoms with Gasteiger partial charge in [0.1, 0.15) is 0 Å². The molecule has 0 N–H and O–H groups in total. The number of hydrogen-bond donors (Lipinski definition) is 0. The summed E-state index contributed by atoms with van der Waals surface area (Å²) in [5, 5.41) is 0. The van der Waals surface area contributed by atoms with E-state index in [1.54, 1.807) is 6.08 Å². The first-order valence-electron chi connectivity index (χ1n) is 2.78. The Bertz CT molecular complexity index is 201. The summed E-state index contributed by atoms with van der Waals surface area (Å²) in [7, 11) is 0. The van der Waals surface area contributed by atoms with Crippen LogP contribution in [-0.2, 0) is 21.9 Å². The largest absolute Gasteiger partial charge is 0.419 e. The van der Waals surface area contributed by atoms with Gasteiger partial charge in [-0.25, -0.2) is 0 Å². The minimum absolute atomic E-state index is 0. The van der Waals surface area contributed by atoms with Gasteiger partial charge in [0.2, 0.25) is 0 Å². The second-order valence-corrected chi connectivity index (χ2v) is 1.85. The summed E-state index contributed by atoms with van der Waals surface area (Å²) >= 11 is 0. The molecule has 0 atom stereocenters. The Hall–Kier alpha value is -0.591. The third-order valence-electron chi connectivity index (χ3n) is 1.31. The molecule has 1 aliphatic rings. The molecule has 0 saturated carbocycles. The number of hydrogen-bond acceptors (Lipinski definition) is 1. The summed E-state index contributed by atoms with van der Waals surface area (Å²) in [4.78, 5) is 10.1. The van der Waals surface area contributed by atoms with Crippen molar-refractivity contribution in [2.24, 2.45) is 0 Å². The van der Waals surface area contributed by atoms with Crippen LogP contribution in [0, 0.1) is 0 Å². The van der Waals surface area contributed by atoms with Gasteiger partial charge in [0, 0.05) is 17.1 Å². The fourth-order valence-corrected chi connectivity index (χ4v) is 0.814. The molecular formula is C8H7MnO-. The van der Waals surface area contributed by atoms with Crippen molar-refractivity contribution in [2.75, 3.05) is 0 Å². The normalized spacial score (nSPS) is 14.8. The SMILES string of the molecule is C=CC1=C([C-]=O)CC=C1.[Mn]. The zero-order chi connectivity index (χ0) is 6.69. The Kier molecular flexibility index (Phi) is 4.01. The molecule has 0 heterocycles. The smallest absolute Gasteiger partial charge is 0 e. The van der Waals surface area contributed by atoms with Crippen LogP contribution in [0.3, 0.4) is 0 Å². The quantitative estimate of drug-likeness (QED) is 0.458. The third-order valence-corrected chi connectivity index (χ3v) is 1.31. The van der Waals surface area contributed by atoms with Gasteiger partial charge in [-0.15, -0.1) is 24.8 Å². The van der Waals surface area contributed by atoms with Crippen LogP contribution in [0.15, 0.2) is 36.0 Å². The predicted molar refractivity (Wildman–Crippen MR) is 36.7 cm³/mol. The zero-order valence-electron chi connectivity index (χ0n) is 5.43. The van der Waals surface area contributed by atoms with E-state index in [9.17, 15) is 4.79 Å². The third kappa shape index (κ3) is 1.69. The average molecular weight is 174 g/mol. The molecule has 1 nitrogen and oxygen atoms in total. The van der Waals surface area contributed by atoms with Crippen LogP contribution in [0.4, 0.5) is 0 Å². The second-order valence-electron chi connectivity index (χ2n) is 1.85. The van der Waals surface area contributed by atoms with Gasteiger partial charge in [0.25, 0.3) is 0 Å². The fourth-order valence-electron chi connectivity index (χ4n) is 0.814. The molecule has 53 valence electrons. The summed E-state index contributed by atoms with van der Waals surface area (Å²) in [5.74, 6) is 0. The van der Waals surface area contributed by atoms with E-state index in [0.29, 0.717) is 12.0 Å². The van der Waals surface area contributed by atoms with Crippen LogP contribution in [0.1, 0.15) is 6.42 Å². The van der Waals surface area contributed by atoms with Gasteiger partial charge in [0.05, 0.1) is 0 Å². The average Bonchev–Trinajstić information content (AvgIpc) is 2.33. The van der Waals surface area contributed by atoms with E-state index in [-0.39, 0.29) is 17.1 Å². The molecular weight excluding hydrogens is 167 g/mol. The molecule has 0 fully saturated rings. The molecule has 0 spiro atoms. The number of rotatable bonds is 2. The Morgan fingerprint density at radius 2 is 2.40 bits per heavy atom. The topological polar surface area (TPSA) is 17.1 Å². The standard InChI is InChI=1S/C8H7O.Mn/c1-2-7-4-3-5-8(7)6-9;/h2-4H,1,5H2;/q-1;. The Balaban J connectivity index is 0.000000810. The maximum Gasteiger partial charge on any atom is 0 e. The van der Waals surface area contributed by atoms with Crippen LogP contribution >= 0.6 is 0 Å². The Morgan fingerprint density at radius 1 is 1.70 bits per heavy atom. The summed E-state index contributed by atoms with van der Waals surface area (Å²) in [6.45, 7) is 3.55. The molecule has 0 amide bonds. The summed E-state index contributed by atoms with van der Waals surface area (Å²) in [6, 6.07) is 0. The first kappa shape index (κ1) is 9.41. The van der Waals surface area contributed by atoms with E-state index in [1.165, 1.54) is 0 Å². The molecule has 0 aromatic rings. The number of allylic oxidation sites excluding steroid dienone is 5. The Labute approximate surface area is 71.0 Å². The van der Waals surface area contributed by atoms with Crippen molar-refractivity contribution < 1.29 is 21.9 Å². The number of carbonyl (C=O) groups excluding carboxylic acids is 1. The summed E-state index contributed by atoms with van der Waals surface area (Å²) in [5.41, 5.74) is 1.62. The first-order valence-corrected chi connectivity index (χ1v) is 2.78. The summed E-state index contributed by atoms with van der Waals surface area (Å²) in [6.07, 6.45) is 8.05. The van der Waals surface area contributed by atoms with Gasteiger partial charge in [-0.2, -0.15) is 11.1 Å². The van der Waals surface area contributed by atoms with Crippen molar-refractivity contribution in [3.8, 4) is 0 Å². The van der Waals surface area contributed by atoms with Gasteiger partial charge >= 0.3 is 0 Å². The van der Waals surface area contributed by atoms with E-state index in [1.807, 2.05) is 18.4 Å². The van der Waals surface area contributed by atoms with Crippen molar-refractivity contribution >= 4 is 6.29 Å². The van der Waals surface area contributed by atoms with Crippen molar-refractivity contribution in [1.82, 2.24) is 0 Å². The van der Waals surface area contributed by atoms with Crippen LogP contribution in [0.5, 0.6) is 0 Å². The van der Waals surface area contributed by atoms with Gasteiger partial charge in [0.15, 0.2) is 0 Å². The van der Waals surface area contributed by atoms with E-state index in [2.05, 4.69) is 6.58 Å². The summed E-state index contributed by atoms with van der Waals surface area (Å²) < 4.78 is 0. The van der Waals surface area contributed by atoms with Crippen molar-refractivity contribution in [3.05, 3.63) is 36.0 Å². The maximum absolute atomic E-state index is 10.1. The van der Waals surface area contributed by atoms with E-state index in [0.717, 1.165) is 5.57 Å². The van der Waals surface area contributed by atoms with Crippen LogP contribution in [0.25, 0.3) is 0 Å². The van der Waals surface area contributed by atoms with Crippen molar-refractivity contribution in [2.45, 2.75) is 6.42 Å². The van der Waals surface area contributed by atoms with Gasteiger partial charge in [-0.1, -0.05) is 0 Å². The van der Waals surface area contributed by atoms with E-state index < -0.39 is 0 Å². The van der Waals surface area contributed by atoms with Crippen LogP contribution in [-0.4, -0.2) is 6.29 Å². The zero-order valence-corrected chi connectivity index (χ0v) is 6.61. The van der Waals surface area contributed by atoms with Crippen molar-refractivity contribution in [3.63, 3.8) is 0 Å². The molecule has 10 heavy (non-hydrogen) atoms. The maximum atomic E-state index is 10.1. The molecule has 0 bridgehead atoms. The van der Waals surface area contributed by atoms with E-state index in [4.69, 9.17) is 0 Å². The first-order chi connectivity index (χ1) is 4.38. The van der Waals surface area contributed by atoms with Gasteiger partial charge in [-0.05, 0) is 12.7 Å². The Morgan fingerprint density at radius 3 is 2.80 bits per heavy atom. The molecule has 0 saturated heterocycles. The monoisotopic (exact) mass is 174 g/mol. The molecule has 0 aromatic heterocycles. The molecule has 1 radical (unpaired) electrons. The molecule has 0 unspecified atom stereocenters. The molecule has 0 aliphatic heterocycles. The van der Waals surface area contributed by atoms with Gasteiger partial charge in [-0.3, -0.25) is 0 Å². The second kappa shape index (κ2) is 4.26. The predicted octanol–water partition coefficient (Wildman–Crippen LogP) is 1.54.